The Morgan fingerprint density at radius 1 is 1.06 bits per heavy atom. The lowest BCUT2D eigenvalue weighted by molar-refractivity contribution is 0.772. The lowest BCUT2D eigenvalue weighted by atomic mass is 10.1. The van der Waals surface area contributed by atoms with E-state index >= 15 is 0 Å². The van der Waals surface area contributed by atoms with Gasteiger partial charge in [0, 0.05) is 48.5 Å². The molecule has 3 rings (SSSR count). The lowest BCUT2D eigenvalue weighted by Crippen LogP contribution is -1.90. The first-order valence-corrected chi connectivity index (χ1v) is 5.50. The highest BCUT2D eigenvalue weighted by atomic mass is 15.3. The Morgan fingerprint density at radius 3 is 2.53 bits per heavy atom. The van der Waals surface area contributed by atoms with Gasteiger partial charge in [0.2, 0.25) is 0 Å². The summed E-state index contributed by atoms with van der Waals surface area (Å²) in [5.74, 6) is 0.573. The molecule has 0 radical (unpaired) electrons. The minimum Gasteiger partial charge on any atom is -0.382 e. The normalized spacial score (nSPS) is 11.2. The number of nitrogens with zero attached hydrogens (tertiary/aromatic N) is 3. The molecule has 0 spiro atoms. The van der Waals surface area contributed by atoms with E-state index < -0.39 is 0 Å². The third-order valence-corrected chi connectivity index (χ3v) is 3.04. The van der Waals surface area contributed by atoms with E-state index in [2.05, 4.69) is 28.0 Å². The molecule has 4 nitrogen and oxygen atoms in total. The van der Waals surface area contributed by atoms with Gasteiger partial charge in [-0.1, -0.05) is 18.2 Å². The number of nitrogen functional groups attached to an aromatic ring is 1. The molecule has 1 aromatic carbocycles. The van der Waals surface area contributed by atoms with Crippen molar-refractivity contribution in [2.45, 2.75) is 0 Å². The van der Waals surface area contributed by atoms with Gasteiger partial charge >= 0.3 is 0 Å². The van der Waals surface area contributed by atoms with Crippen molar-refractivity contribution in [1.82, 2.24) is 14.3 Å². The topological polar surface area (TPSA) is 48.8 Å². The van der Waals surface area contributed by atoms with Gasteiger partial charge in [0.15, 0.2) is 5.82 Å². The van der Waals surface area contributed by atoms with Crippen LogP contribution in [0.5, 0.6) is 0 Å². The zero-order valence-corrected chi connectivity index (χ0v) is 9.88. The number of rotatable bonds is 1. The van der Waals surface area contributed by atoms with Gasteiger partial charge in [-0.25, -0.2) is 0 Å². The summed E-state index contributed by atoms with van der Waals surface area (Å²) in [6.45, 7) is 0. The molecule has 0 aliphatic rings. The standard InChI is InChI=1S/C13H14N4/c1-16-7-10(9-5-3-4-6-12(9)16)11-8-17(2)15-13(11)14/h3-8H,1-2H3,(H2,14,15). The van der Waals surface area contributed by atoms with Crippen LogP contribution in [0.2, 0.25) is 0 Å². The van der Waals surface area contributed by atoms with Crippen LogP contribution in [0.3, 0.4) is 0 Å². The number of hydrogen-bond donors (Lipinski definition) is 1. The minimum atomic E-state index is 0.573. The van der Waals surface area contributed by atoms with Crippen LogP contribution in [0.1, 0.15) is 0 Å². The molecule has 3 aromatic rings. The van der Waals surface area contributed by atoms with Gasteiger partial charge in [0.1, 0.15) is 0 Å². The van der Waals surface area contributed by atoms with Crippen molar-refractivity contribution in [3.63, 3.8) is 0 Å². The van der Waals surface area contributed by atoms with Crippen LogP contribution in [0.15, 0.2) is 36.7 Å². The number of nitrogens with two attached hydrogens (primary N) is 1. The summed E-state index contributed by atoms with van der Waals surface area (Å²) in [4.78, 5) is 0. The van der Waals surface area contributed by atoms with Gasteiger partial charge in [-0.3, -0.25) is 4.68 Å². The molecule has 0 amide bonds. The summed E-state index contributed by atoms with van der Waals surface area (Å²) < 4.78 is 3.85. The zero-order chi connectivity index (χ0) is 12.0. The number of fused-ring (bicyclic) bond motifs is 1. The summed E-state index contributed by atoms with van der Waals surface area (Å²) in [5.41, 5.74) is 9.26. The molecule has 0 aliphatic heterocycles. The minimum absolute atomic E-state index is 0.573. The van der Waals surface area contributed by atoms with Gasteiger partial charge < -0.3 is 10.3 Å². The summed E-state index contributed by atoms with van der Waals surface area (Å²) in [6.07, 6.45) is 4.05. The van der Waals surface area contributed by atoms with E-state index in [1.807, 2.05) is 32.4 Å². The van der Waals surface area contributed by atoms with Gasteiger partial charge in [0.05, 0.1) is 0 Å². The largest absolute Gasteiger partial charge is 0.382 e. The second kappa shape index (κ2) is 3.38. The fourth-order valence-corrected chi connectivity index (χ4v) is 2.27. The van der Waals surface area contributed by atoms with Crippen LogP contribution in [0.25, 0.3) is 22.0 Å². The fourth-order valence-electron chi connectivity index (χ4n) is 2.27. The molecule has 0 saturated heterocycles. The quantitative estimate of drug-likeness (QED) is 0.691. The molecule has 0 unspecified atom stereocenters. The molecule has 2 N–H and O–H groups in total. The summed E-state index contributed by atoms with van der Waals surface area (Å²) in [5, 5.41) is 5.39. The SMILES string of the molecule is Cn1cc(-c2cn(C)c3ccccc23)c(N)n1. The molecule has 17 heavy (non-hydrogen) atoms. The smallest absolute Gasteiger partial charge is 0.153 e. The first-order valence-electron chi connectivity index (χ1n) is 5.50. The molecule has 0 saturated carbocycles. The lowest BCUT2D eigenvalue weighted by Gasteiger charge is -1.95. The molecule has 86 valence electrons. The molecular weight excluding hydrogens is 212 g/mol. The predicted molar refractivity (Wildman–Crippen MR) is 69.5 cm³/mol. The van der Waals surface area contributed by atoms with Crippen LogP contribution in [-0.4, -0.2) is 14.3 Å². The third kappa shape index (κ3) is 1.41. The van der Waals surface area contributed by atoms with E-state index in [0.717, 1.165) is 11.1 Å². The summed E-state index contributed by atoms with van der Waals surface area (Å²) in [6, 6.07) is 8.29. The Kier molecular flexibility index (Phi) is 1.98. The van der Waals surface area contributed by atoms with Crippen LogP contribution in [0, 0.1) is 0 Å². The van der Waals surface area contributed by atoms with Crippen LogP contribution in [0.4, 0.5) is 5.82 Å². The van der Waals surface area contributed by atoms with Gasteiger partial charge in [-0.2, -0.15) is 5.10 Å². The molecular formula is C13H14N4. The van der Waals surface area contributed by atoms with E-state index in [9.17, 15) is 0 Å². The maximum absolute atomic E-state index is 5.93. The van der Waals surface area contributed by atoms with Crippen molar-refractivity contribution in [2.75, 3.05) is 5.73 Å². The Hall–Kier alpha value is -2.23. The highest BCUT2D eigenvalue weighted by Gasteiger charge is 2.12. The van der Waals surface area contributed by atoms with E-state index in [1.54, 1.807) is 4.68 Å². The van der Waals surface area contributed by atoms with Crippen LogP contribution in [-0.2, 0) is 14.1 Å². The number of anilines is 1. The average molecular weight is 226 g/mol. The van der Waals surface area contributed by atoms with Crippen molar-refractivity contribution in [1.29, 1.82) is 0 Å². The monoisotopic (exact) mass is 226 g/mol. The molecule has 0 fully saturated rings. The highest BCUT2D eigenvalue weighted by Crippen LogP contribution is 2.32. The number of para-hydroxylation sites is 1. The van der Waals surface area contributed by atoms with Crippen molar-refractivity contribution in [2.24, 2.45) is 14.1 Å². The number of hydrogen-bond acceptors (Lipinski definition) is 2. The first-order chi connectivity index (χ1) is 8.16. The molecule has 0 aliphatic carbocycles. The molecule has 0 atom stereocenters. The van der Waals surface area contributed by atoms with E-state index in [1.165, 1.54) is 10.9 Å². The van der Waals surface area contributed by atoms with Crippen LogP contribution >= 0.6 is 0 Å². The Balaban J connectivity index is 2.34. The molecule has 4 heteroatoms. The Labute approximate surface area is 99.3 Å². The molecule has 0 bridgehead atoms. The predicted octanol–water partition coefficient (Wildman–Crippen LogP) is 2.16. The highest BCUT2D eigenvalue weighted by molar-refractivity contribution is 5.98. The Bertz CT molecular complexity index is 691. The van der Waals surface area contributed by atoms with E-state index in [0.29, 0.717) is 5.82 Å². The van der Waals surface area contributed by atoms with Gasteiger partial charge in [-0.15, -0.1) is 0 Å². The average Bonchev–Trinajstić information content (AvgIpc) is 2.80. The van der Waals surface area contributed by atoms with Crippen molar-refractivity contribution < 1.29 is 0 Å². The Morgan fingerprint density at radius 2 is 1.82 bits per heavy atom. The number of aryl methyl sites for hydroxylation is 2. The van der Waals surface area contributed by atoms with Gasteiger partial charge in [0.25, 0.3) is 0 Å². The maximum Gasteiger partial charge on any atom is 0.153 e. The second-order valence-electron chi connectivity index (χ2n) is 4.27. The van der Waals surface area contributed by atoms with Crippen molar-refractivity contribution in [3.8, 4) is 11.1 Å². The summed E-state index contributed by atoms with van der Waals surface area (Å²) >= 11 is 0. The van der Waals surface area contributed by atoms with Gasteiger partial charge in [-0.05, 0) is 6.07 Å². The van der Waals surface area contributed by atoms with Crippen molar-refractivity contribution in [3.05, 3.63) is 36.7 Å². The molecule has 2 heterocycles. The van der Waals surface area contributed by atoms with Crippen LogP contribution < -0.4 is 5.73 Å². The number of benzene rings is 1. The fraction of sp³-hybridized carbons (Fsp3) is 0.154. The maximum atomic E-state index is 5.93. The summed E-state index contributed by atoms with van der Waals surface area (Å²) in [7, 11) is 3.92. The first kappa shape index (κ1) is 9.96. The van der Waals surface area contributed by atoms with Crippen molar-refractivity contribution >= 4 is 16.7 Å². The molecule has 2 aromatic heterocycles. The second-order valence-corrected chi connectivity index (χ2v) is 4.27. The number of aromatic nitrogens is 3. The zero-order valence-electron chi connectivity index (χ0n) is 9.88. The van der Waals surface area contributed by atoms with E-state index in [-0.39, 0.29) is 0 Å². The van der Waals surface area contributed by atoms with E-state index in [4.69, 9.17) is 5.73 Å². The third-order valence-electron chi connectivity index (χ3n) is 3.04.